The van der Waals surface area contributed by atoms with E-state index in [1.165, 1.54) is 0 Å². The average molecular weight is 263 g/mol. The number of carbonyl (C=O) groups is 2. The molecule has 0 aliphatic carbocycles. The lowest BCUT2D eigenvalue weighted by Crippen LogP contribution is -2.23. The topological polar surface area (TPSA) is 84.2 Å². The lowest BCUT2D eigenvalue weighted by atomic mass is 10.1. The maximum Gasteiger partial charge on any atom is 0.251 e. The monoisotopic (exact) mass is 263 g/mol. The van der Waals surface area contributed by atoms with Crippen LogP contribution in [0, 0.1) is 12.8 Å². The summed E-state index contributed by atoms with van der Waals surface area (Å²) in [4.78, 5) is 23.4. The molecule has 0 aliphatic rings. The largest absolute Gasteiger partial charge is 0.355 e. The summed E-state index contributed by atoms with van der Waals surface area (Å²) in [5, 5.41) is 5.42. The third kappa shape index (κ3) is 4.06. The Morgan fingerprint density at radius 2 is 2.05 bits per heavy atom. The molecule has 0 aromatic heterocycles. The summed E-state index contributed by atoms with van der Waals surface area (Å²) in [6.45, 7) is 4.19. The number of hydrogen-bond acceptors (Lipinski definition) is 3. The number of nitrogens with one attached hydrogen (secondary N) is 2. The number of aryl methyl sites for hydroxylation is 1. The van der Waals surface area contributed by atoms with Crippen molar-refractivity contribution in [3.8, 4) is 0 Å². The van der Waals surface area contributed by atoms with E-state index in [4.69, 9.17) is 5.73 Å². The molecule has 0 fully saturated rings. The van der Waals surface area contributed by atoms with Gasteiger partial charge in [-0.15, -0.1) is 0 Å². The molecule has 104 valence electrons. The van der Waals surface area contributed by atoms with Crippen LogP contribution in [0.2, 0.25) is 0 Å². The first-order valence-corrected chi connectivity index (χ1v) is 6.33. The lowest BCUT2D eigenvalue weighted by molar-refractivity contribution is -0.119. The molecule has 1 rings (SSSR count). The molecule has 0 saturated carbocycles. The van der Waals surface area contributed by atoms with Crippen LogP contribution in [0.25, 0.3) is 0 Å². The summed E-state index contributed by atoms with van der Waals surface area (Å²) < 4.78 is 0. The van der Waals surface area contributed by atoms with Crippen molar-refractivity contribution in [3.05, 3.63) is 29.3 Å². The summed E-state index contributed by atoms with van der Waals surface area (Å²) in [6, 6.07) is 5.18. The molecule has 0 spiro atoms. The predicted molar refractivity (Wildman–Crippen MR) is 76.0 cm³/mol. The molecule has 0 bridgehead atoms. The quantitative estimate of drug-likeness (QED) is 0.748. The highest BCUT2D eigenvalue weighted by Crippen LogP contribution is 2.18. The van der Waals surface area contributed by atoms with E-state index >= 15 is 0 Å². The first kappa shape index (κ1) is 15.2. The van der Waals surface area contributed by atoms with E-state index in [-0.39, 0.29) is 17.7 Å². The molecular weight excluding hydrogens is 242 g/mol. The second kappa shape index (κ2) is 6.89. The van der Waals surface area contributed by atoms with Gasteiger partial charge in [0.05, 0.1) is 0 Å². The Labute approximate surface area is 113 Å². The van der Waals surface area contributed by atoms with Crippen molar-refractivity contribution >= 4 is 17.5 Å². The zero-order valence-electron chi connectivity index (χ0n) is 11.6. The molecule has 1 aromatic rings. The number of carbonyl (C=O) groups excluding carboxylic acids is 2. The Morgan fingerprint density at radius 3 is 2.58 bits per heavy atom. The highest BCUT2D eigenvalue weighted by Gasteiger charge is 2.13. The molecule has 5 heteroatoms. The van der Waals surface area contributed by atoms with E-state index in [0.717, 1.165) is 11.3 Å². The Kier molecular flexibility index (Phi) is 5.51. The zero-order chi connectivity index (χ0) is 14.4. The Balaban J connectivity index is 2.80. The van der Waals surface area contributed by atoms with Crippen molar-refractivity contribution in [2.45, 2.75) is 20.3 Å². The summed E-state index contributed by atoms with van der Waals surface area (Å²) in [6.07, 6.45) is 0.654. The molecule has 0 radical (unpaired) electrons. The van der Waals surface area contributed by atoms with E-state index in [9.17, 15) is 9.59 Å². The number of benzene rings is 1. The Bertz CT molecular complexity index is 472. The number of rotatable bonds is 5. The molecule has 2 amide bonds. The van der Waals surface area contributed by atoms with Gasteiger partial charge in [-0.25, -0.2) is 0 Å². The Morgan fingerprint density at radius 1 is 1.37 bits per heavy atom. The van der Waals surface area contributed by atoms with Crippen molar-refractivity contribution in [1.29, 1.82) is 0 Å². The molecule has 1 atom stereocenters. The second-order valence-corrected chi connectivity index (χ2v) is 4.58. The molecule has 4 N–H and O–H groups in total. The van der Waals surface area contributed by atoms with E-state index in [2.05, 4.69) is 10.6 Å². The van der Waals surface area contributed by atoms with Gasteiger partial charge in [0, 0.05) is 24.2 Å². The summed E-state index contributed by atoms with van der Waals surface area (Å²) in [5.74, 6) is -0.318. The fourth-order valence-electron chi connectivity index (χ4n) is 1.73. The van der Waals surface area contributed by atoms with Gasteiger partial charge in [-0.1, -0.05) is 6.92 Å². The Hall–Kier alpha value is -1.88. The SMILES string of the molecule is CNC(=O)c1ccc(NC(=O)C(C)CCN)c(C)c1. The summed E-state index contributed by atoms with van der Waals surface area (Å²) in [5.41, 5.74) is 7.59. The third-order valence-electron chi connectivity index (χ3n) is 3.02. The summed E-state index contributed by atoms with van der Waals surface area (Å²) >= 11 is 0. The van der Waals surface area contributed by atoms with Gasteiger partial charge in [-0.3, -0.25) is 9.59 Å². The van der Waals surface area contributed by atoms with Gasteiger partial charge < -0.3 is 16.4 Å². The fourth-order valence-corrected chi connectivity index (χ4v) is 1.73. The van der Waals surface area contributed by atoms with Crippen molar-refractivity contribution in [1.82, 2.24) is 5.32 Å². The molecule has 0 aliphatic heterocycles. The van der Waals surface area contributed by atoms with Crippen molar-refractivity contribution in [2.75, 3.05) is 18.9 Å². The van der Waals surface area contributed by atoms with Crippen LogP contribution in [-0.4, -0.2) is 25.4 Å². The van der Waals surface area contributed by atoms with E-state index in [0.29, 0.717) is 18.5 Å². The fraction of sp³-hybridized carbons (Fsp3) is 0.429. The minimum absolute atomic E-state index is 0.0544. The van der Waals surface area contributed by atoms with Crippen LogP contribution >= 0.6 is 0 Å². The third-order valence-corrected chi connectivity index (χ3v) is 3.02. The van der Waals surface area contributed by atoms with Crippen LogP contribution in [0.3, 0.4) is 0 Å². The first-order chi connectivity index (χ1) is 8.99. The number of nitrogens with two attached hydrogens (primary N) is 1. The molecule has 0 heterocycles. The minimum atomic E-state index is -0.141. The molecule has 1 unspecified atom stereocenters. The maximum atomic E-state index is 11.9. The summed E-state index contributed by atoms with van der Waals surface area (Å²) in [7, 11) is 1.59. The molecule has 19 heavy (non-hydrogen) atoms. The van der Waals surface area contributed by atoms with Crippen LogP contribution in [0.4, 0.5) is 5.69 Å². The zero-order valence-corrected chi connectivity index (χ0v) is 11.6. The van der Waals surface area contributed by atoms with Gasteiger partial charge in [0.15, 0.2) is 0 Å². The van der Waals surface area contributed by atoms with E-state index in [1.54, 1.807) is 25.2 Å². The van der Waals surface area contributed by atoms with Gasteiger partial charge >= 0.3 is 0 Å². The van der Waals surface area contributed by atoms with Gasteiger partial charge in [-0.2, -0.15) is 0 Å². The van der Waals surface area contributed by atoms with Crippen LogP contribution < -0.4 is 16.4 Å². The average Bonchev–Trinajstić information content (AvgIpc) is 2.40. The van der Waals surface area contributed by atoms with Gasteiger partial charge in [0.25, 0.3) is 5.91 Å². The van der Waals surface area contributed by atoms with Gasteiger partial charge in [-0.05, 0) is 43.7 Å². The van der Waals surface area contributed by atoms with Crippen molar-refractivity contribution < 1.29 is 9.59 Å². The van der Waals surface area contributed by atoms with Crippen LogP contribution in [-0.2, 0) is 4.79 Å². The van der Waals surface area contributed by atoms with Crippen LogP contribution in [0.15, 0.2) is 18.2 Å². The van der Waals surface area contributed by atoms with Crippen LogP contribution in [0.1, 0.15) is 29.3 Å². The molecule has 0 saturated heterocycles. The van der Waals surface area contributed by atoms with Gasteiger partial charge in [0.1, 0.15) is 0 Å². The number of hydrogen-bond donors (Lipinski definition) is 3. The standard InChI is InChI=1S/C14H21N3O2/c1-9(6-7-15)13(18)17-12-5-4-11(8-10(12)2)14(19)16-3/h4-5,8-9H,6-7,15H2,1-3H3,(H,16,19)(H,17,18). The number of anilines is 1. The minimum Gasteiger partial charge on any atom is -0.355 e. The highest BCUT2D eigenvalue weighted by molar-refractivity contribution is 5.96. The van der Waals surface area contributed by atoms with E-state index < -0.39 is 0 Å². The van der Waals surface area contributed by atoms with Crippen LogP contribution in [0.5, 0.6) is 0 Å². The predicted octanol–water partition coefficient (Wildman–Crippen LogP) is 1.28. The first-order valence-electron chi connectivity index (χ1n) is 6.33. The molecular formula is C14H21N3O2. The lowest BCUT2D eigenvalue weighted by Gasteiger charge is -2.13. The van der Waals surface area contributed by atoms with E-state index in [1.807, 2.05) is 13.8 Å². The maximum absolute atomic E-state index is 11.9. The van der Waals surface area contributed by atoms with Crippen molar-refractivity contribution in [3.63, 3.8) is 0 Å². The van der Waals surface area contributed by atoms with Crippen molar-refractivity contribution in [2.24, 2.45) is 11.7 Å². The van der Waals surface area contributed by atoms with Gasteiger partial charge in [0.2, 0.25) is 5.91 Å². The highest BCUT2D eigenvalue weighted by atomic mass is 16.2. The molecule has 1 aromatic carbocycles. The number of amides is 2. The second-order valence-electron chi connectivity index (χ2n) is 4.58. The smallest absolute Gasteiger partial charge is 0.251 e. The molecule has 5 nitrogen and oxygen atoms in total. The normalized spacial score (nSPS) is 11.8.